The molecule has 0 atom stereocenters. The largest absolute Gasteiger partial charge is 0.496 e. The van der Waals surface area contributed by atoms with Crippen molar-refractivity contribution in [2.75, 3.05) is 7.11 Å². The van der Waals surface area contributed by atoms with Crippen molar-refractivity contribution < 1.29 is 9.47 Å². The highest BCUT2D eigenvalue weighted by atomic mass is 79.9. The van der Waals surface area contributed by atoms with Crippen LogP contribution in [0.4, 0.5) is 0 Å². The second-order valence-electron chi connectivity index (χ2n) is 6.02. The molecule has 0 aliphatic carbocycles. The summed E-state index contributed by atoms with van der Waals surface area (Å²) in [6.07, 6.45) is 0. The first-order chi connectivity index (χ1) is 9.90. The molecule has 0 bridgehead atoms. The molecule has 0 saturated heterocycles. The lowest BCUT2D eigenvalue weighted by atomic mass is 9.87. The third-order valence-corrected chi connectivity index (χ3v) is 3.83. The van der Waals surface area contributed by atoms with Gasteiger partial charge in [-0.15, -0.1) is 0 Å². The van der Waals surface area contributed by atoms with Gasteiger partial charge in [0.15, 0.2) is 0 Å². The average Bonchev–Trinajstić information content (AvgIpc) is 2.45. The van der Waals surface area contributed by atoms with Crippen LogP contribution < -0.4 is 9.47 Å². The van der Waals surface area contributed by atoms with E-state index in [-0.39, 0.29) is 5.41 Å². The van der Waals surface area contributed by atoms with Crippen LogP contribution in [0, 0.1) is 0 Å². The first-order valence-electron chi connectivity index (χ1n) is 6.96. The molecule has 0 spiro atoms. The van der Waals surface area contributed by atoms with Gasteiger partial charge in [-0.1, -0.05) is 48.8 Å². The van der Waals surface area contributed by atoms with Gasteiger partial charge in [0.1, 0.15) is 18.1 Å². The van der Waals surface area contributed by atoms with Gasteiger partial charge in [-0.2, -0.15) is 0 Å². The fraction of sp³-hybridized carbons (Fsp3) is 0.333. The molecule has 0 aromatic heterocycles. The zero-order valence-electron chi connectivity index (χ0n) is 12.9. The molecular formula is C18H21BrO2. The SMILES string of the molecule is COc1ccc(Br)cc1COc1cccc(C(C)(C)C)c1. The van der Waals surface area contributed by atoms with E-state index < -0.39 is 0 Å². The number of hydrogen-bond donors (Lipinski definition) is 0. The Morgan fingerprint density at radius 3 is 2.48 bits per heavy atom. The van der Waals surface area contributed by atoms with Crippen molar-refractivity contribution in [1.29, 1.82) is 0 Å². The third kappa shape index (κ3) is 4.24. The summed E-state index contributed by atoms with van der Waals surface area (Å²) in [5.74, 6) is 1.72. The Labute approximate surface area is 135 Å². The molecule has 3 heteroatoms. The molecule has 0 unspecified atom stereocenters. The molecule has 0 fully saturated rings. The van der Waals surface area contributed by atoms with Crippen molar-refractivity contribution in [3.05, 3.63) is 58.1 Å². The molecule has 0 saturated carbocycles. The van der Waals surface area contributed by atoms with Crippen LogP contribution in [0.25, 0.3) is 0 Å². The highest BCUT2D eigenvalue weighted by Crippen LogP contribution is 2.28. The molecular weight excluding hydrogens is 328 g/mol. The summed E-state index contributed by atoms with van der Waals surface area (Å²) in [6, 6.07) is 14.2. The van der Waals surface area contributed by atoms with Crippen LogP contribution in [-0.2, 0) is 12.0 Å². The topological polar surface area (TPSA) is 18.5 Å². The van der Waals surface area contributed by atoms with Crippen LogP contribution >= 0.6 is 15.9 Å². The fourth-order valence-corrected chi connectivity index (χ4v) is 2.48. The minimum absolute atomic E-state index is 0.118. The summed E-state index contributed by atoms with van der Waals surface area (Å²) < 4.78 is 12.3. The second-order valence-corrected chi connectivity index (χ2v) is 6.94. The summed E-state index contributed by atoms with van der Waals surface area (Å²) >= 11 is 3.48. The van der Waals surface area contributed by atoms with Gasteiger partial charge in [0, 0.05) is 10.0 Å². The summed E-state index contributed by atoms with van der Waals surface area (Å²) in [5, 5.41) is 0. The molecule has 0 N–H and O–H groups in total. The van der Waals surface area contributed by atoms with Gasteiger partial charge < -0.3 is 9.47 Å². The lowest BCUT2D eigenvalue weighted by Crippen LogP contribution is -2.11. The standard InChI is InChI=1S/C18H21BrO2/c1-18(2,3)14-6-5-7-16(11-14)21-12-13-10-15(19)8-9-17(13)20-4/h5-11H,12H2,1-4H3. The van der Waals surface area contributed by atoms with Crippen LogP contribution in [0.15, 0.2) is 46.9 Å². The molecule has 0 heterocycles. The van der Waals surface area contributed by atoms with E-state index in [0.717, 1.165) is 21.5 Å². The minimum Gasteiger partial charge on any atom is -0.496 e. The monoisotopic (exact) mass is 348 g/mol. The minimum atomic E-state index is 0.118. The van der Waals surface area contributed by atoms with Crippen LogP contribution in [-0.4, -0.2) is 7.11 Å². The van der Waals surface area contributed by atoms with Gasteiger partial charge in [-0.25, -0.2) is 0 Å². The van der Waals surface area contributed by atoms with E-state index >= 15 is 0 Å². The number of halogens is 1. The van der Waals surface area contributed by atoms with E-state index in [4.69, 9.17) is 9.47 Å². The normalized spacial score (nSPS) is 11.3. The summed E-state index contributed by atoms with van der Waals surface area (Å²) in [4.78, 5) is 0. The van der Waals surface area contributed by atoms with E-state index in [1.54, 1.807) is 7.11 Å². The van der Waals surface area contributed by atoms with E-state index in [2.05, 4.69) is 48.8 Å². The molecule has 2 nitrogen and oxygen atoms in total. The maximum absolute atomic E-state index is 5.92. The molecule has 112 valence electrons. The molecule has 21 heavy (non-hydrogen) atoms. The second kappa shape index (κ2) is 6.52. The lowest BCUT2D eigenvalue weighted by Gasteiger charge is -2.20. The summed E-state index contributed by atoms with van der Waals surface area (Å²) in [5.41, 5.74) is 2.40. The molecule has 0 aliphatic heterocycles. The van der Waals surface area contributed by atoms with Crippen LogP contribution in [0.1, 0.15) is 31.9 Å². The summed E-state index contributed by atoms with van der Waals surface area (Å²) in [7, 11) is 1.67. The van der Waals surface area contributed by atoms with Gasteiger partial charge in [0.2, 0.25) is 0 Å². The smallest absolute Gasteiger partial charge is 0.125 e. The lowest BCUT2D eigenvalue weighted by molar-refractivity contribution is 0.296. The maximum atomic E-state index is 5.92. The first kappa shape index (κ1) is 15.9. The third-order valence-electron chi connectivity index (χ3n) is 3.34. The molecule has 2 rings (SSSR count). The van der Waals surface area contributed by atoms with Crippen LogP contribution in [0.5, 0.6) is 11.5 Å². The molecule has 0 radical (unpaired) electrons. The van der Waals surface area contributed by atoms with Gasteiger partial charge >= 0.3 is 0 Å². The Morgan fingerprint density at radius 2 is 1.81 bits per heavy atom. The predicted octanol–water partition coefficient (Wildman–Crippen LogP) is 5.33. The Hall–Kier alpha value is -1.48. The predicted molar refractivity (Wildman–Crippen MR) is 90.2 cm³/mol. The van der Waals surface area contributed by atoms with Gasteiger partial charge in [-0.05, 0) is 41.3 Å². The fourth-order valence-electron chi connectivity index (χ4n) is 2.07. The number of rotatable bonds is 4. The number of benzene rings is 2. The van der Waals surface area contributed by atoms with E-state index in [0.29, 0.717) is 6.61 Å². The highest BCUT2D eigenvalue weighted by Gasteiger charge is 2.14. The van der Waals surface area contributed by atoms with Gasteiger partial charge in [-0.3, -0.25) is 0 Å². The van der Waals surface area contributed by atoms with Crippen molar-refractivity contribution in [2.45, 2.75) is 32.8 Å². The van der Waals surface area contributed by atoms with E-state index in [9.17, 15) is 0 Å². The number of hydrogen-bond acceptors (Lipinski definition) is 2. The Morgan fingerprint density at radius 1 is 1.05 bits per heavy atom. The Bertz CT molecular complexity index is 615. The molecule has 0 amide bonds. The first-order valence-corrected chi connectivity index (χ1v) is 7.75. The van der Waals surface area contributed by atoms with Crippen molar-refractivity contribution in [3.8, 4) is 11.5 Å². The Kier molecular flexibility index (Phi) is 4.94. The molecule has 0 aliphatic rings. The maximum Gasteiger partial charge on any atom is 0.125 e. The van der Waals surface area contributed by atoms with E-state index in [1.165, 1.54) is 5.56 Å². The van der Waals surface area contributed by atoms with Crippen LogP contribution in [0.2, 0.25) is 0 Å². The zero-order chi connectivity index (χ0) is 15.5. The number of methoxy groups -OCH3 is 1. The van der Waals surface area contributed by atoms with Crippen molar-refractivity contribution in [1.82, 2.24) is 0 Å². The van der Waals surface area contributed by atoms with Crippen molar-refractivity contribution in [3.63, 3.8) is 0 Å². The van der Waals surface area contributed by atoms with Crippen molar-refractivity contribution >= 4 is 15.9 Å². The zero-order valence-corrected chi connectivity index (χ0v) is 14.5. The summed E-state index contributed by atoms with van der Waals surface area (Å²) in [6.45, 7) is 7.08. The van der Waals surface area contributed by atoms with Gasteiger partial charge in [0.05, 0.1) is 7.11 Å². The molecule has 2 aromatic carbocycles. The Balaban J connectivity index is 2.15. The van der Waals surface area contributed by atoms with Gasteiger partial charge in [0.25, 0.3) is 0 Å². The quantitative estimate of drug-likeness (QED) is 0.742. The number of ether oxygens (including phenoxy) is 2. The van der Waals surface area contributed by atoms with Crippen LogP contribution in [0.3, 0.4) is 0 Å². The highest BCUT2D eigenvalue weighted by molar-refractivity contribution is 9.10. The van der Waals surface area contributed by atoms with Crippen molar-refractivity contribution in [2.24, 2.45) is 0 Å². The molecule has 2 aromatic rings. The average molecular weight is 349 g/mol. The van der Waals surface area contributed by atoms with E-state index in [1.807, 2.05) is 30.3 Å².